The number of piperidine rings is 1. The number of hydrogen-bond acceptors (Lipinski definition) is 6. The van der Waals surface area contributed by atoms with Gasteiger partial charge in [0.2, 0.25) is 5.91 Å². The van der Waals surface area contributed by atoms with Crippen molar-refractivity contribution in [1.82, 2.24) is 14.9 Å². The summed E-state index contributed by atoms with van der Waals surface area (Å²) in [5.41, 5.74) is 2.21. The quantitative estimate of drug-likeness (QED) is 0.746. The summed E-state index contributed by atoms with van der Waals surface area (Å²) in [7, 11) is 3.98. The summed E-state index contributed by atoms with van der Waals surface area (Å²) >= 11 is 5.99. The number of nitrogens with zero attached hydrogens (tertiary/aromatic N) is 6. The lowest BCUT2D eigenvalue weighted by Gasteiger charge is -2.40. The highest BCUT2D eigenvalue weighted by Crippen LogP contribution is 2.30. The van der Waals surface area contributed by atoms with Crippen LogP contribution in [0, 0.1) is 5.92 Å². The molecule has 0 saturated carbocycles. The molecule has 1 aromatic carbocycles. The summed E-state index contributed by atoms with van der Waals surface area (Å²) in [6, 6.07) is 7.93. The fourth-order valence-corrected chi connectivity index (χ4v) is 4.47. The fourth-order valence-electron chi connectivity index (χ4n) is 4.35. The Morgan fingerprint density at radius 2 is 1.67 bits per heavy atom. The largest absolute Gasteiger partial charge is 0.368 e. The molecule has 0 spiro atoms. The maximum absolute atomic E-state index is 13.1. The molecule has 0 aliphatic carbocycles. The zero-order valence-corrected chi connectivity index (χ0v) is 18.4. The number of amides is 1. The molecule has 30 heavy (non-hydrogen) atoms. The summed E-state index contributed by atoms with van der Waals surface area (Å²) < 4.78 is 0. The number of piperazine rings is 1. The van der Waals surface area contributed by atoms with Crippen LogP contribution in [0.25, 0.3) is 0 Å². The van der Waals surface area contributed by atoms with Gasteiger partial charge in [0.1, 0.15) is 6.33 Å². The number of hydrogen-bond donors (Lipinski definition) is 0. The van der Waals surface area contributed by atoms with Crippen molar-refractivity contribution in [2.75, 3.05) is 68.1 Å². The summed E-state index contributed by atoms with van der Waals surface area (Å²) in [6.07, 6.45) is 5.20. The second kappa shape index (κ2) is 9.08. The van der Waals surface area contributed by atoms with Crippen molar-refractivity contribution in [2.45, 2.75) is 12.8 Å². The Hall–Kier alpha value is -2.54. The van der Waals surface area contributed by atoms with Crippen LogP contribution >= 0.6 is 11.6 Å². The average Bonchev–Trinajstić information content (AvgIpc) is 2.79. The van der Waals surface area contributed by atoms with E-state index in [9.17, 15) is 4.79 Å². The van der Waals surface area contributed by atoms with Gasteiger partial charge in [-0.15, -0.1) is 0 Å². The van der Waals surface area contributed by atoms with Gasteiger partial charge in [0.05, 0.1) is 11.9 Å². The van der Waals surface area contributed by atoms with E-state index in [1.807, 2.05) is 54.4 Å². The number of halogens is 1. The van der Waals surface area contributed by atoms with E-state index in [0.717, 1.165) is 68.6 Å². The van der Waals surface area contributed by atoms with Crippen LogP contribution in [-0.2, 0) is 4.79 Å². The van der Waals surface area contributed by atoms with Crippen LogP contribution in [0.3, 0.4) is 0 Å². The van der Waals surface area contributed by atoms with E-state index >= 15 is 0 Å². The van der Waals surface area contributed by atoms with Crippen LogP contribution < -0.4 is 14.7 Å². The van der Waals surface area contributed by atoms with Crippen molar-refractivity contribution in [2.24, 2.45) is 5.92 Å². The van der Waals surface area contributed by atoms with Crippen LogP contribution in [0.2, 0.25) is 5.02 Å². The van der Waals surface area contributed by atoms with Gasteiger partial charge in [-0.3, -0.25) is 4.79 Å². The van der Waals surface area contributed by atoms with E-state index in [1.165, 1.54) is 5.69 Å². The third-order valence-electron chi connectivity index (χ3n) is 6.06. The second-order valence-corrected chi connectivity index (χ2v) is 8.61. The van der Waals surface area contributed by atoms with Crippen molar-refractivity contribution in [3.05, 3.63) is 41.8 Å². The monoisotopic (exact) mass is 428 g/mol. The van der Waals surface area contributed by atoms with Gasteiger partial charge in [-0.05, 0) is 37.1 Å². The highest BCUT2D eigenvalue weighted by Gasteiger charge is 2.31. The highest BCUT2D eigenvalue weighted by molar-refractivity contribution is 6.30. The van der Waals surface area contributed by atoms with E-state index < -0.39 is 0 Å². The van der Waals surface area contributed by atoms with E-state index in [0.29, 0.717) is 5.91 Å². The first-order chi connectivity index (χ1) is 14.5. The summed E-state index contributed by atoms with van der Waals surface area (Å²) in [5, 5.41) is 0.749. The number of carbonyl (C=O) groups is 1. The Kier molecular flexibility index (Phi) is 6.27. The van der Waals surface area contributed by atoms with Crippen LogP contribution in [-0.4, -0.2) is 74.1 Å². The van der Waals surface area contributed by atoms with Crippen molar-refractivity contribution < 1.29 is 4.79 Å². The zero-order chi connectivity index (χ0) is 21.1. The lowest BCUT2D eigenvalue weighted by Crippen LogP contribution is -2.51. The molecule has 8 heteroatoms. The summed E-state index contributed by atoms with van der Waals surface area (Å²) in [6.45, 7) is 4.99. The van der Waals surface area contributed by atoms with Crippen molar-refractivity contribution >= 4 is 34.7 Å². The number of carbonyl (C=O) groups excluding carboxylic acids is 1. The second-order valence-electron chi connectivity index (χ2n) is 8.18. The molecule has 0 radical (unpaired) electrons. The van der Waals surface area contributed by atoms with Gasteiger partial charge in [0, 0.05) is 70.0 Å². The Morgan fingerprint density at radius 1 is 1.00 bits per heavy atom. The molecular formula is C22H29ClN6O. The van der Waals surface area contributed by atoms with Crippen LogP contribution in [0.1, 0.15) is 12.8 Å². The molecule has 0 N–H and O–H groups in total. The Morgan fingerprint density at radius 3 is 2.30 bits per heavy atom. The lowest BCUT2D eigenvalue weighted by molar-refractivity contribution is -0.136. The molecule has 0 bridgehead atoms. The molecule has 2 saturated heterocycles. The van der Waals surface area contributed by atoms with Crippen LogP contribution in [0.15, 0.2) is 36.8 Å². The van der Waals surface area contributed by atoms with E-state index in [2.05, 4.69) is 19.8 Å². The molecule has 2 aliphatic rings. The first kappa shape index (κ1) is 20.7. The SMILES string of the molecule is CN(C)c1ncncc1N1CCC(C(=O)N2CCN(c3ccc(Cl)cc3)CC2)CC1. The number of benzene rings is 1. The summed E-state index contributed by atoms with van der Waals surface area (Å²) in [5.74, 6) is 1.34. The minimum Gasteiger partial charge on any atom is -0.368 e. The molecule has 7 nitrogen and oxygen atoms in total. The van der Waals surface area contributed by atoms with Gasteiger partial charge in [-0.25, -0.2) is 9.97 Å². The van der Waals surface area contributed by atoms with Gasteiger partial charge in [0.15, 0.2) is 5.82 Å². The van der Waals surface area contributed by atoms with E-state index in [1.54, 1.807) is 6.33 Å². The molecule has 2 fully saturated rings. The topological polar surface area (TPSA) is 55.8 Å². The normalized spacial score (nSPS) is 17.9. The molecule has 2 aromatic rings. The summed E-state index contributed by atoms with van der Waals surface area (Å²) in [4.78, 5) is 30.4. The molecular weight excluding hydrogens is 400 g/mol. The molecule has 0 atom stereocenters. The molecule has 3 heterocycles. The van der Waals surface area contributed by atoms with Gasteiger partial charge < -0.3 is 19.6 Å². The van der Waals surface area contributed by atoms with Gasteiger partial charge >= 0.3 is 0 Å². The number of rotatable bonds is 4. The zero-order valence-electron chi connectivity index (χ0n) is 17.7. The number of aromatic nitrogens is 2. The van der Waals surface area contributed by atoms with Gasteiger partial charge in [-0.2, -0.15) is 0 Å². The molecule has 2 aliphatic heterocycles. The molecule has 4 rings (SSSR count). The van der Waals surface area contributed by atoms with E-state index in [4.69, 9.17) is 11.6 Å². The maximum Gasteiger partial charge on any atom is 0.225 e. The van der Waals surface area contributed by atoms with Gasteiger partial charge in [0.25, 0.3) is 0 Å². The Balaban J connectivity index is 1.30. The molecule has 0 unspecified atom stereocenters. The predicted molar refractivity (Wildman–Crippen MR) is 122 cm³/mol. The first-order valence-corrected chi connectivity index (χ1v) is 10.9. The first-order valence-electron chi connectivity index (χ1n) is 10.5. The molecule has 160 valence electrons. The van der Waals surface area contributed by atoms with Crippen molar-refractivity contribution in [1.29, 1.82) is 0 Å². The number of anilines is 3. The maximum atomic E-state index is 13.1. The van der Waals surface area contributed by atoms with Crippen molar-refractivity contribution in [3.63, 3.8) is 0 Å². The minimum absolute atomic E-state index is 0.107. The lowest BCUT2D eigenvalue weighted by atomic mass is 9.94. The minimum atomic E-state index is 0.107. The average molecular weight is 429 g/mol. The van der Waals surface area contributed by atoms with Crippen molar-refractivity contribution in [3.8, 4) is 0 Å². The smallest absolute Gasteiger partial charge is 0.225 e. The standard InChI is InChI=1S/C22H29ClN6O/c1-26(2)21-20(15-24-16-25-21)28-9-7-17(8-10-28)22(30)29-13-11-27(12-14-29)19-5-3-18(23)4-6-19/h3-6,15-17H,7-14H2,1-2H3. The fraction of sp³-hybridized carbons (Fsp3) is 0.500. The van der Waals surface area contributed by atoms with E-state index in [-0.39, 0.29) is 5.92 Å². The molecule has 1 aromatic heterocycles. The Labute approximate surface area is 183 Å². The van der Waals surface area contributed by atoms with Gasteiger partial charge in [-0.1, -0.05) is 11.6 Å². The highest BCUT2D eigenvalue weighted by atomic mass is 35.5. The molecule has 1 amide bonds. The third-order valence-corrected chi connectivity index (χ3v) is 6.32. The predicted octanol–water partition coefficient (Wildman–Crippen LogP) is 2.76. The van der Waals surface area contributed by atoms with Crippen LogP contribution in [0.5, 0.6) is 0 Å². The van der Waals surface area contributed by atoms with Crippen LogP contribution in [0.4, 0.5) is 17.2 Å². The third kappa shape index (κ3) is 4.46. The Bertz CT molecular complexity index is 858.